The van der Waals surface area contributed by atoms with Gasteiger partial charge in [0.25, 0.3) is 0 Å². The van der Waals surface area contributed by atoms with Crippen LogP contribution >= 0.6 is 0 Å². The van der Waals surface area contributed by atoms with Gasteiger partial charge in [0.1, 0.15) is 17.4 Å². The van der Waals surface area contributed by atoms with E-state index in [4.69, 9.17) is 4.74 Å². The highest BCUT2D eigenvalue weighted by Gasteiger charge is 2.31. The highest BCUT2D eigenvalue weighted by Crippen LogP contribution is 2.44. The first-order valence-electron chi connectivity index (χ1n) is 12.6. The van der Waals surface area contributed by atoms with E-state index in [0.29, 0.717) is 30.2 Å². The Morgan fingerprint density at radius 2 is 2.00 bits per heavy atom. The van der Waals surface area contributed by atoms with Crippen LogP contribution in [0.15, 0.2) is 36.5 Å². The van der Waals surface area contributed by atoms with Crippen LogP contribution in [0.5, 0.6) is 5.75 Å². The average molecular weight is 501 g/mol. The van der Waals surface area contributed by atoms with E-state index in [-0.39, 0.29) is 24.4 Å². The van der Waals surface area contributed by atoms with Crippen LogP contribution in [0.4, 0.5) is 10.2 Å². The summed E-state index contributed by atoms with van der Waals surface area (Å²) in [6.45, 7) is 4.81. The lowest BCUT2D eigenvalue weighted by atomic mass is 9.89. The van der Waals surface area contributed by atoms with Crippen molar-refractivity contribution in [3.05, 3.63) is 70.2 Å². The van der Waals surface area contributed by atoms with E-state index in [9.17, 15) is 5.11 Å². The number of nitrogens with one attached hydrogen (secondary N) is 1. The molecule has 0 saturated heterocycles. The molecule has 2 aromatic heterocycles. The molecular weight excluding hydrogens is 471 g/mol. The van der Waals surface area contributed by atoms with Crippen LogP contribution in [0.3, 0.4) is 0 Å². The highest BCUT2D eigenvalue weighted by atomic mass is 19.1. The van der Waals surface area contributed by atoms with Crippen molar-refractivity contribution >= 4 is 5.82 Å². The molecule has 0 spiro atoms. The summed E-state index contributed by atoms with van der Waals surface area (Å²) in [6, 6.07) is 9.31. The Balaban J connectivity index is 1.32. The van der Waals surface area contributed by atoms with Crippen LogP contribution < -0.4 is 10.1 Å². The zero-order chi connectivity index (χ0) is 25.7. The number of aliphatic hydroxyl groups is 1. The maximum absolute atomic E-state index is 15.2. The Kier molecular flexibility index (Phi) is 5.87. The van der Waals surface area contributed by atoms with Crippen molar-refractivity contribution in [1.82, 2.24) is 25.2 Å². The number of fused-ring (bicyclic) bond motifs is 2. The molecule has 0 unspecified atom stereocenters. The van der Waals surface area contributed by atoms with Crippen LogP contribution in [0.2, 0.25) is 0 Å². The van der Waals surface area contributed by atoms with Gasteiger partial charge in [0, 0.05) is 41.5 Å². The quantitative estimate of drug-likeness (QED) is 0.398. The van der Waals surface area contributed by atoms with Gasteiger partial charge in [-0.25, -0.2) is 9.37 Å². The molecular formula is C28H29FN6O2. The Labute approximate surface area is 214 Å². The molecule has 37 heavy (non-hydrogen) atoms. The van der Waals surface area contributed by atoms with Gasteiger partial charge in [-0.1, -0.05) is 6.07 Å². The monoisotopic (exact) mass is 500 g/mol. The summed E-state index contributed by atoms with van der Waals surface area (Å²) in [7, 11) is 1.75. The molecule has 190 valence electrons. The largest absolute Gasteiger partial charge is 0.492 e. The lowest BCUT2D eigenvalue weighted by Gasteiger charge is -2.19. The molecule has 0 saturated carbocycles. The molecule has 0 fully saturated rings. The number of hydrogen-bond donors (Lipinski definition) is 2. The van der Waals surface area contributed by atoms with E-state index >= 15 is 4.39 Å². The first-order chi connectivity index (χ1) is 17.9. The van der Waals surface area contributed by atoms with Gasteiger partial charge in [-0.15, -0.1) is 10.2 Å². The van der Waals surface area contributed by atoms with E-state index in [1.54, 1.807) is 13.1 Å². The molecule has 2 aliphatic rings. The number of nitrogens with zero attached hydrogens (tertiary/aromatic N) is 5. The van der Waals surface area contributed by atoms with E-state index in [2.05, 4.69) is 51.7 Å². The van der Waals surface area contributed by atoms with Gasteiger partial charge in [0.15, 0.2) is 0 Å². The summed E-state index contributed by atoms with van der Waals surface area (Å²) in [5.74, 6) is 2.00. The van der Waals surface area contributed by atoms with Crippen molar-refractivity contribution < 1.29 is 14.2 Å². The number of tetrazole rings is 1. The van der Waals surface area contributed by atoms with Crippen LogP contribution in [-0.4, -0.2) is 43.5 Å². The Morgan fingerprint density at radius 1 is 1.19 bits per heavy atom. The predicted molar refractivity (Wildman–Crippen MR) is 138 cm³/mol. The maximum Gasteiger partial charge on any atom is 0.204 e. The molecule has 2 atom stereocenters. The second kappa shape index (κ2) is 9.23. The zero-order valence-electron chi connectivity index (χ0n) is 21.1. The summed E-state index contributed by atoms with van der Waals surface area (Å²) >= 11 is 0. The lowest BCUT2D eigenvalue weighted by molar-refractivity contribution is 0.254. The van der Waals surface area contributed by atoms with E-state index in [0.717, 1.165) is 57.5 Å². The third-order valence-corrected chi connectivity index (χ3v) is 7.48. The fraction of sp³-hybridized carbons (Fsp3) is 0.357. The van der Waals surface area contributed by atoms with Crippen molar-refractivity contribution in [2.24, 2.45) is 7.05 Å². The van der Waals surface area contributed by atoms with Crippen molar-refractivity contribution in [3.8, 4) is 28.3 Å². The summed E-state index contributed by atoms with van der Waals surface area (Å²) in [6.07, 6.45) is 4.01. The molecule has 9 heteroatoms. The van der Waals surface area contributed by atoms with E-state index in [1.165, 1.54) is 4.80 Å². The van der Waals surface area contributed by atoms with E-state index < -0.39 is 0 Å². The van der Waals surface area contributed by atoms with Gasteiger partial charge >= 0.3 is 0 Å². The molecule has 2 N–H and O–H groups in total. The van der Waals surface area contributed by atoms with Crippen molar-refractivity contribution in [1.29, 1.82) is 0 Å². The van der Waals surface area contributed by atoms with Crippen LogP contribution in [-0.2, 0) is 13.5 Å². The topological polar surface area (TPSA) is 98.0 Å². The van der Waals surface area contributed by atoms with Crippen LogP contribution in [0.1, 0.15) is 52.6 Å². The first kappa shape index (κ1) is 23.5. The second-order valence-corrected chi connectivity index (χ2v) is 9.94. The van der Waals surface area contributed by atoms with Crippen LogP contribution in [0.25, 0.3) is 22.5 Å². The number of ether oxygens (including phenoxy) is 1. The normalized spacial score (nSPS) is 18.0. The number of pyridine rings is 1. The standard InChI is InChI=1S/C28H29FN6O2/c1-15-10-18(28-32-34-35(3)33-28)11-16(2)26(15)19-4-6-22(29)27-20(19)5-7-23(27)31-25-12-24-21(13-30-25)17(8-9-36)14-37-24/h4,6,10-13,17,23,36H,5,7-9,14H2,1-3H3,(H,30,31)/t17-,23-/m1/s1. The maximum atomic E-state index is 15.2. The Hall–Kier alpha value is -3.85. The van der Waals surface area contributed by atoms with Gasteiger partial charge in [-0.3, -0.25) is 0 Å². The van der Waals surface area contributed by atoms with Crippen molar-refractivity contribution in [2.75, 3.05) is 18.5 Å². The summed E-state index contributed by atoms with van der Waals surface area (Å²) in [5, 5.41) is 25.2. The van der Waals surface area contributed by atoms with Crippen LogP contribution in [0, 0.1) is 19.7 Å². The fourth-order valence-electron chi connectivity index (χ4n) is 5.82. The number of halogens is 1. The molecule has 1 aliphatic heterocycles. The summed E-state index contributed by atoms with van der Waals surface area (Å²) in [4.78, 5) is 6.03. The van der Waals surface area contributed by atoms with Gasteiger partial charge in [0.2, 0.25) is 5.82 Å². The van der Waals surface area contributed by atoms with E-state index in [1.807, 2.05) is 18.3 Å². The minimum Gasteiger partial charge on any atom is -0.492 e. The SMILES string of the molecule is Cc1cc(-c2nnn(C)n2)cc(C)c1-c1ccc(F)c2c1CC[C@H]2Nc1cc2c(cn1)[C@H](CCO)CO2. The van der Waals surface area contributed by atoms with Gasteiger partial charge < -0.3 is 15.2 Å². The molecule has 1 aliphatic carbocycles. The number of benzene rings is 2. The number of hydrogen-bond acceptors (Lipinski definition) is 7. The number of aryl methyl sites for hydroxylation is 3. The minimum absolute atomic E-state index is 0.118. The lowest BCUT2D eigenvalue weighted by Crippen LogP contribution is -2.10. The number of aliphatic hydroxyl groups excluding tert-OH is 1. The third kappa shape index (κ3) is 4.13. The Morgan fingerprint density at radius 3 is 2.73 bits per heavy atom. The smallest absolute Gasteiger partial charge is 0.204 e. The van der Waals surface area contributed by atoms with Crippen molar-refractivity contribution in [3.63, 3.8) is 0 Å². The van der Waals surface area contributed by atoms with Gasteiger partial charge in [-0.05, 0) is 84.3 Å². The molecule has 6 rings (SSSR count). The number of rotatable bonds is 6. The second-order valence-electron chi connectivity index (χ2n) is 9.94. The van der Waals surface area contributed by atoms with Gasteiger partial charge in [0.05, 0.1) is 19.7 Å². The van der Waals surface area contributed by atoms with Crippen molar-refractivity contribution in [2.45, 2.75) is 45.1 Å². The predicted octanol–water partition coefficient (Wildman–Crippen LogP) is 4.65. The molecule has 0 radical (unpaired) electrons. The number of aromatic nitrogens is 5. The zero-order valence-corrected chi connectivity index (χ0v) is 21.1. The first-order valence-corrected chi connectivity index (χ1v) is 12.6. The minimum atomic E-state index is -0.204. The van der Waals surface area contributed by atoms with Gasteiger partial charge in [-0.2, -0.15) is 4.80 Å². The average Bonchev–Trinajstić information content (AvgIpc) is 3.60. The fourth-order valence-corrected chi connectivity index (χ4v) is 5.82. The summed E-state index contributed by atoms with van der Waals surface area (Å²) < 4.78 is 21.1. The molecule has 0 amide bonds. The summed E-state index contributed by atoms with van der Waals surface area (Å²) in [5.41, 5.74) is 8.02. The molecule has 8 nitrogen and oxygen atoms in total. The number of anilines is 1. The third-order valence-electron chi connectivity index (χ3n) is 7.48. The molecule has 2 aromatic carbocycles. The highest BCUT2D eigenvalue weighted by molar-refractivity contribution is 5.78. The molecule has 0 bridgehead atoms. The molecule has 3 heterocycles. The molecule has 4 aromatic rings. The Bertz CT molecular complexity index is 1480.